The van der Waals surface area contributed by atoms with Crippen LogP contribution in [0.2, 0.25) is 0 Å². The normalized spacial score (nSPS) is 12.6. The molecule has 0 saturated carbocycles. The van der Waals surface area contributed by atoms with E-state index in [1.54, 1.807) is 0 Å². The highest BCUT2D eigenvalue weighted by Gasteiger charge is 2.03. The monoisotopic (exact) mass is 174 g/mol. The molecule has 0 rings (SSSR count). The Labute approximate surface area is 73.7 Å². The fourth-order valence-corrected chi connectivity index (χ4v) is 0.742. The summed E-state index contributed by atoms with van der Waals surface area (Å²) < 4.78 is 4.86. The zero-order valence-corrected chi connectivity index (χ0v) is 7.88. The van der Waals surface area contributed by atoms with E-state index in [0.29, 0.717) is 12.5 Å². The van der Waals surface area contributed by atoms with Crippen LogP contribution in [0.1, 0.15) is 33.1 Å². The third-order valence-electron chi connectivity index (χ3n) is 1.89. The minimum atomic E-state index is -0.305. The van der Waals surface area contributed by atoms with E-state index in [1.165, 1.54) is 0 Å². The lowest BCUT2D eigenvalue weighted by atomic mass is 10.1. The van der Waals surface area contributed by atoms with E-state index in [0.717, 1.165) is 12.8 Å². The van der Waals surface area contributed by atoms with Crippen LogP contribution in [-0.4, -0.2) is 24.3 Å². The van der Waals surface area contributed by atoms with E-state index in [1.807, 2.05) is 0 Å². The van der Waals surface area contributed by atoms with Gasteiger partial charge in [0.25, 0.3) is 0 Å². The lowest BCUT2D eigenvalue weighted by molar-refractivity contribution is -0.144. The average molecular weight is 174 g/mol. The second kappa shape index (κ2) is 7.10. The summed E-state index contributed by atoms with van der Waals surface area (Å²) in [5.74, 6) is 0.299. The summed E-state index contributed by atoms with van der Waals surface area (Å²) >= 11 is 0. The van der Waals surface area contributed by atoms with Crippen LogP contribution in [0, 0.1) is 5.92 Å². The van der Waals surface area contributed by atoms with Crippen molar-refractivity contribution in [2.75, 3.05) is 13.2 Å². The van der Waals surface area contributed by atoms with Crippen LogP contribution < -0.4 is 0 Å². The zero-order chi connectivity index (χ0) is 9.40. The molecule has 0 fully saturated rings. The number of hydrogen-bond acceptors (Lipinski definition) is 3. The summed E-state index contributed by atoms with van der Waals surface area (Å²) in [4.78, 5) is 10.7. The molecule has 0 aliphatic heterocycles. The highest BCUT2D eigenvalue weighted by molar-refractivity contribution is 5.69. The van der Waals surface area contributed by atoms with Crippen LogP contribution in [-0.2, 0) is 9.53 Å². The molecule has 0 radical (unpaired) electrons. The van der Waals surface area contributed by atoms with Crippen molar-refractivity contribution in [1.82, 2.24) is 0 Å². The van der Waals surface area contributed by atoms with Crippen molar-refractivity contribution in [3.8, 4) is 0 Å². The van der Waals surface area contributed by atoms with Gasteiger partial charge in [-0.2, -0.15) is 0 Å². The average Bonchev–Trinajstić information content (AvgIpc) is 2.04. The number of carbonyl (C=O) groups excluding carboxylic acids is 1. The largest absolute Gasteiger partial charge is 0.466 e. The van der Waals surface area contributed by atoms with Crippen LogP contribution in [0.25, 0.3) is 0 Å². The highest BCUT2D eigenvalue weighted by Crippen LogP contribution is 2.05. The SMILES string of the molecule is CCC(C)CCOC(=O)CCO. The number of hydrogen-bond donors (Lipinski definition) is 1. The van der Waals surface area contributed by atoms with Crippen molar-refractivity contribution < 1.29 is 14.6 Å². The Morgan fingerprint density at radius 2 is 2.25 bits per heavy atom. The fourth-order valence-electron chi connectivity index (χ4n) is 0.742. The molecule has 0 aromatic heterocycles. The Bertz CT molecular complexity index is 123. The molecule has 0 aliphatic rings. The molecule has 0 amide bonds. The maximum absolute atomic E-state index is 10.7. The molecule has 0 bridgehead atoms. The second-order valence-electron chi connectivity index (χ2n) is 3.00. The van der Waals surface area contributed by atoms with Gasteiger partial charge in [-0.1, -0.05) is 20.3 Å². The molecule has 3 nitrogen and oxygen atoms in total. The molecule has 0 saturated heterocycles. The van der Waals surface area contributed by atoms with E-state index >= 15 is 0 Å². The van der Waals surface area contributed by atoms with Crippen LogP contribution in [0.5, 0.6) is 0 Å². The van der Waals surface area contributed by atoms with Crippen molar-refractivity contribution in [1.29, 1.82) is 0 Å². The Morgan fingerprint density at radius 1 is 1.58 bits per heavy atom. The van der Waals surface area contributed by atoms with Crippen LogP contribution in [0.3, 0.4) is 0 Å². The number of aliphatic hydroxyl groups excluding tert-OH is 1. The lowest BCUT2D eigenvalue weighted by Gasteiger charge is -2.08. The first-order valence-corrected chi connectivity index (χ1v) is 4.47. The first-order valence-electron chi connectivity index (χ1n) is 4.47. The van der Waals surface area contributed by atoms with Gasteiger partial charge in [0.05, 0.1) is 19.6 Å². The summed E-state index contributed by atoms with van der Waals surface area (Å²) in [6.07, 6.45) is 2.13. The summed E-state index contributed by atoms with van der Waals surface area (Å²) in [7, 11) is 0. The van der Waals surface area contributed by atoms with Gasteiger partial charge in [-0.15, -0.1) is 0 Å². The molecule has 12 heavy (non-hydrogen) atoms. The van der Waals surface area contributed by atoms with E-state index in [-0.39, 0.29) is 19.0 Å². The highest BCUT2D eigenvalue weighted by atomic mass is 16.5. The van der Waals surface area contributed by atoms with Crippen LogP contribution in [0.4, 0.5) is 0 Å². The van der Waals surface area contributed by atoms with Crippen LogP contribution in [0.15, 0.2) is 0 Å². The Morgan fingerprint density at radius 3 is 2.75 bits per heavy atom. The Balaban J connectivity index is 3.24. The molecule has 1 atom stereocenters. The third-order valence-corrected chi connectivity index (χ3v) is 1.89. The first kappa shape index (κ1) is 11.4. The molecule has 0 spiro atoms. The predicted molar refractivity (Wildman–Crippen MR) is 46.7 cm³/mol. The Hall–Kier alpha value is -0.570. The van der Waals surface area contributed by atoms with Crippen molar-refractivity contribution in [2.45, 2.75) is 33.1 Å². The van der Waals surface area contributed by atoms with Crippen molar-refractivity contribution in [3.05, 3.63) is 0 Å². The van der Waals surface area contributed by atoms with E-state index in [4.69, 9.17) is 9.84 Å². The molecular weight excluding hydrogens is 156 g/mol. The second-order valence-corrected chi connectivity index (χ2v) is 3.00. The number of esters is 1. The van der Waals surface area contributed by atoms with Crippen molar-refractivity contribution >= 4 is 5.97 Å². The molecule has 1 unspecified atom stereocenters. The van der Waals surface area contributed by atoms with E-state index in [9.17, 15) is 4.79 Å². The first-order chi connectivity index (χ1) is 5.70. The summed E-state index contributed by atoms with van der Waals surface area (Å²) in [6, 6.07) is 0. The van der Waals surface area contributed by atoms with Crippen molar-refractivity contribution in [3.63, 3.8) is 0 Å². The minimum absolute atomic E-state index is 0.112. The standard InChI is InChI=1S/C9H18O3/c1-3-8(2)5-7-12-9(11)4-6-10/h8,10H,3-7H2,1-2H3. The molecule has 1 N–H and O–H groups in total. The van der Waals surface area contributed by atoms with Crippen molar-refractivity contribution in [2.24, 2.45) is 5.92 Å². The van der Waals surface area contributed by atoms with Gasteiger partial charge in [0.1, 0.15) is 0 Å². The van der Waals surface area contributed by atoms with Gasteiger partial charge < -0.3 is 9.84 Å². The van der Waals surface area contributed by atoms with E-state index < -0.39 is 0 Å². The molecule has 0 heterocycles. The van der Waals surface area contributed by atoms with Gasteiger partial charge in [0, 0.05) is 0 Å². The number of rotatable bonds is 6. The topological polar surface area (TPSA) is 46.5 Å². The quantitative estimate of drug-likeness (QED) is 0.618. The van der Waals surface area contributed by atoms with Gasteiger partial charge in [-0.3, -0.25) is 4.79 Å². The van der Waals surface area contributed by atoms with Crippen LogP contribution >= 0.6 is 0 Å². The van der Waals surface area contributed by atoms with Gasteiger partial charge in [0.2, 0.25) is 0 Å². The molecule has 3 heteroatoms. The number of aliphatic hydroxyl groups is 1. The molecule has 72 valence electrons. The number of ether oxygens (including phenoxy) is 1. The zero-order valence-electron chi connectivity index (χ0n) is 7.88. The predicted octanol–water partition coefficient (Wildman–Crippen LogP) is 1.35. The Kier molecular flexibility index (Phi) is 6.76. The summed E-state index contributed by atoms with van der Waals surface area (Å²) in [6.45, 7) is 4.59. The maximum atomic E-state index is 10.7. The number of carbonyl (C=O) groups is 1. The lowest BCUT2D eigenvalue weighted by Crippen LogP contribution is -2.09. The fraction of sp³-hybridized carbons (Fsp3) is 0.889. The van der Waals surface area contributed by atoms with Gasteiger partial charge in [0.15, 0.2) is 0 Å². The summed E-state index contributed by atoms with van der Waals surface area (Å²) in [5.41, 5.74) is 0. The molecule has 0 aromatic carbocycles. The maximum Gasteiger partial charge on any atom is 0.308 e. The summed E-state index contributed by atoms with van der Waals surface area (Å²) in [5, 5.41) is 8.39. The minimum Gasteiger partial charge on any atom is -0.466 e. The van der Waals surface area contributed by atoms with Gasteiger partial charge in [-0.25, -0.2) is 0 Å². The van der Waals surface area contributed by atoms with E-state index in [2.05, 4.69) is 13.8 Å². The third kappa shape index (κ3) is 6.16. The molecule has 0 aromatic rings. The molecular formula is C9H18O3. The molecule has 0 aliphatic carbocycles. The van der Waals surface area contributed by atoms with Gasteiger partial charge in [-0.05, 0) is 12.3 Å². The van der Waals surface area contributed by atoms with Gasteiger partial charge >= 0.3 is 5.97 Å². The smallest absolute Gasteiger partial charge is 0.308 e.